The van der Waals surface area contributed by atoms with Crippen molar-refractivity contribution in [3.8, 4) is 0 Å². The van der Waals surface area contributed by atoms with Crippen LogP contribution in [0, 0.1) is 17.8 Å². The molecule has 3 rings (SSSR count). The largest absolute Gasteiger partial charge is 0.395 e. The fourth-order valence-electron chi connectivity index (χ4n) is 3.89. The van der Waals surface area contributed by atoms with E-state index in [0.29, 0.717) is 24.4 Å². The maximum atomic E-state index is 12.7. The summed E-state index contributed by atoms with van der Waals surface area (Å²) in [6, 6.07) is 0.421. The van der Waals surface area contributed by atoms with Gasteiger partial charge in [0.05, 0.1) is 6.61 Å². The monoisotopic (exact) mass is 264 g/mol. The highest BCUT2D eigenvalue weighted by Crippen LogP contribution is 2.44. The highest BCUT2D eigenvalue weighted by molar-refractivity contribution is 5.80. The molecule has 1 heterocycles. The molecule has 4 nitrogen and oxygen atoms in total. The zero-order valence-corrected chi connectivity index (χ0v) is 11.4. The molecule has 2 bridgehead atoms. The van der Waals surface area contributed by atoms with Crippen molar-refractivity contribution in [3.05, 3.63) is 12.2 Å². The van der Waals surface area contributed by atoms with E-state index < -0.39 is 0 Å². The van der Waals surface area contributed by atoms with Crippen LogP contribution >= 0.6 is 0 Å². The Hall–Kier alpha value is -0.870. The van der Waals surface area contributed by atoms with Crippen LogP contribution < -0.4 is 5.32 Å². The van der Waals surface area contributed by atoms with Gasteiger partial charge in [-0.15, -0.1) is 0 Å². The minimum absolute atomic E-state index is 0.0646. The first-order valence-electron chi connectivity index (χ1n) is 7.59. The molecule has 2 aliphatic carbocycles. The third-order valence-electron chi connectivity index (χ3n) is 4.88. The Morgan fingerprint density at radius 1 is 1.37 bits per heavy atom. The van der Waals surface area contributed by atoms with E-state index in [9.17, 15) is 9.90 Å². The van der Waals surface area contributed by atoms with Gasteiger partial charge in [0.15, 0.2) is 0 Å². The number of fused-ring (bicyclic) bond motifs is 2. The summed E-state index contributed by atoms with van der Waals surface area (Å²) in [5.41, 5.74) is 0. The van der Waals surface area contributed by atoms with Crippen molar-refractivity contribution in [2.45, 2.75) is 31.7 Å². The zero-order chi connectivity index (χ0) is 13.2. The lowest BCUT2D eigenvalue weighted by Crippen LogP contribution is -2.45. The van der Waals surface area contributed by atoms with Gasteiger partial charge in [0.2, 0.25) is 5.91 Å². The predicted octanol–water partition coefficient (Wildman–Crippen LogP) is 0.771. The van der Waals surface area contributed by atoms with E-state index in [1.54, 1.807) is 0 Å². The summed E-state index contributed by atoms with van der Waals surface area (Å²) in [7, 11) is 0. The van der Waals surface area contributed by atoms with Crippen LogP contribution in [-0.2, 0) is 4.79 Å². The zero-order valence-electron chi connectivity index (χ0n) is 11.4. The van der Waals surface area contributed by atoms with Gasteiger partial charge in [-0.3, -0.25) is 4.79 Å². The highest BCUT2D eigenvalue weighted by Gasteiger charge is 2.41. The van der Waals surface area contributed by atoms with Crippen LogP contribution in [0.2, 0.25) is 0 Å². The third-order valence-corrected chi connectivity index (χ3v) is 4.88. The topological polar surface area (TPSA) is 52.6 Å². The summed E-state index contributed by atoms with van der Waals surface area (Å²) >= 11 is 0. The molecule has 4 unspecified atom stereocenters. The number of allylic oxidation sites excluding steroid dienone is 2. The van der Waals surface area contributed by atoms with Crippen LogP contribution in [0.25, 0.3) is 0 Å². The van der Waals surface area contributed by atoms with Crippen LogP contribution in [0.15, 0.2) is 12.2 Å². The lowest BCUT2D eigenvalue weighted by molar-refractivity contribution is -0.137. The van der Waals surface area contributed by atoms with E-state index >= 15 is 0 Å². The Morgan fingerprint density at radius 2 is 2.26 bits per heavy atom. The standard InChI is InChI=1S/C15H24N2O2/c18-7-6-17(10-13-2-1-5-16-13)15(19)14-9-11-3-4-12(14)8-11/h3-4,11-14,16,18H,1-2,5-10H2. The third kappa shape index (κ3) is 2.70. The second-order valence-corrected chi connectivity index (χ2v) is 6.19. The number of carbonyl (C=O) groups is 1. The summed E-state index contributed by atoms with van der Waals surface area (Å²) in [4.78, 5) is 14.6. The van der Waals surface area contributed by atoms with E-state index in [0.717, 1.165) is 32.4 Å². The van der Waals surface area contributed by atoms with Gasteiger partial charge in [-0.1, -0.05) is 12.2 Å². The predicted molar refractivity (Wildman–Crippen MR) is 73.5 cm³/mol. The summed E-state index contributed by atoms with van der Waals surface area (Å²) < 4.78 is 0. The SMILES string of the molecule is O=C(C1CC2C=CC1C2)N(CCO)CC1CCCN1. The van der Waals surface area contributed by atoms with Crippen LogP contribution in [0.1, 0.15) is 25.7 Å². The van der Waals surface area contributed by atoms with E-state index in [1.807, 2.05) is 4.90 Å². The Bertz CT molecular complexity index is 363. The first kappa shape index (κ1) is 13.1. The van der Waals surface area contributed by atoms with Gasteiger partial charge in [0.1, 0.15) is 0 Å². The fraction of sp³-hybridized carbons (Fsp3) is 0.800. The lowest BCUT2D eigenvalue weighted by atomic mass is 9.92. The Morgan fingerprint density at radius 3 is 2.84 bits per heavy atom. The number of aliphatic hydroxyl groups excluding tert-OH is 1. The molecule has 106 valence electrons. The number of amides is 1. The van der Waals surface area contributed by atoms with Gasteiger partial charge in [0, 0.05) is 25.0 Å². The van der Waals surface area contributed by atoms with Gasteiger partial charge in [-0.25, -0.2) is 0 Å². The van der Waals surface area contributed by atoms with E-state index in [4.69, 9.17) is 0 Å². The van der Waals surface area contributed by atoms with Gasteiger partial charge < -0.3 is 15.3 Å². The number of hydrogen-bond acceptors (Lipinski definition) is 3. The number of aliphatic hydroxyl groups is 1. The van der Waals surface area contributed by atoms with Crippen molar-refractivity contribution in [1.29, 1.82) is 0 Å². The van der Waals surface area contributed by atoms with Crippen LogP contribution in [0.4, 0.5) is 0 Å². The smallest absolute Gasteiger partial charge is 0.226 e. The van der Waals surface area contributed by atoms with Gasteiger partial charge >= 0.3 is 0 Å². The Kier molecular flexibility index (Phi) is 3.89. The summed E-state index contributed by atoms with van der Waals surface area (Å²) in [6.07, 6.45) is 9.00. The molecular formula is C15H24N2O2. The molecular weight excluding hydrogens is 240 g/mol. The molecule has 0 radical (unpaired) electrons. The van der Waals surface area contributed by atoms with Gasteiger partial charge in [0.25, 0.3) is 0 Å². The summed E-state index contributed by atoms with van der Waals surface area (Å²) in [6.45, 7) is 2.36. The number of nitrogens with zero attached hydrogens (tertiary/aromatic N) is 1. The molecule has 0 aromatic carbocycles. The van der Waals surface area contributed by atoms with Crippen LogP contribution in [0.3, 0.4) is 0 Å². The highest BCUT2D eigenvalue weighted by atomic mass is 16.3. The van der Waals surface area contributed by atoms with E-state index in [2.05, 4.69) is 17.5 Å². The number of carbonyl (C=O) groups excluding carboxylic acids is 1. The van der Waals surface area contributed by atoms with Crippen molar-refractivity contribution in [1.82, 2.24) is 10.2 Å². The van der Waals surface area contributed by atoms with Crippen LogP contribution in [-0.4, -0.2) is 48.2 Å². The summed E-state index contributed by atoms with van der Waals surface area (Å²) in [5.74, 6) is 1.51. The van der Waals surface area contributed by atoms with Crippen molar-refractivity contribution < 1.29 is 9.90 Å². The molecule has 1 aliphatic heterocycles. The van der Waals surface area contributed by atoms with Crippen molar-refractivity contribution in [2.24, 2.45) is 17.8 Å². The molecule has 1 saturated carbocycles. The quantitative estimate of drug-likeness (QED) is 0.721. The molecule has 4 atom stereocenters. The lowest BCUT2D eigenvalue weighted by Gasteiger charge is -2.30. The minimum atomic E-state index is 0.0646. The van der Waals surface area contributed by atoms with E-state index in [-0.39, 0.29) is 18.4 Å². The second kappa shape index (κ2) is 5.63. The average Bonchev–Trinajstić information content (AvgIpc) is 3.14. The first-order chi connectivity index (χ1) is 9.28. The number of rotatable bonds is 5. The fourth-order valence-corrected chi connectivity index (χ4v) is 3.89. The molecule has 3 aliphatic rings. The number of hydrogen-bond donors (Lipinski definition) is 2. The van der Waals surface area contributed by atoms with E-state index in [1.165, 1.54) is 6.42 Å². The molecule has 4 heteroatoms. The Balaban J connectivity index is 1.62. The average molecular weight is 264 g/mol. The van der Waals surface area contributed by atoms with Crippen molar-refractivity contribution >= 4 is 5.91 Å². The molecule has 1 amide bonds. The van der Waals surface area contributed by atoms with Crippen LogP contribution in [0.5, 0.6) is 0 Å². The molecule has 1 saturated heterocycles. The molecule has 19 heavy (non-hydrogen) atoms. The minimum Gasteiger partial charge on any atom is -0.395 e. The molecule has 0 aromatic rings. The molecule has 0 spiro atoms. The first-order valence-corrected chi connectivity index (χ1v) is 7.59. The Labute approximate surface area is 114 Å². The maximum absolute atomic E-state index is 12.7. The van der Waals surface area contributed by atoms with Gasteiger partial charge in [-0.05, 0) is 44.1 Å². The molecule has 2 N–H and O–H groups in total. The molecule has 0 aromatic heterocycles. The number of nitrogens with one attached hydrogen (secondary N) is 1. The second-order valence-electron chi connectivity index (χ2n) is 6.19. The van der Waals surface area contributed by atoms with Gasteiger partial charge in [-0.2, -0.15) is 0 Å². The van der Waals surface area contributed by atoms with Crippen molar-refractivity contribution in [3.63, 3.8) is 0 Å². The maximum Gasteiger partial charge on any atom is 0.226 e. The summed E-state index contributed by atoms with van der Waals surface area (Å²) in [5, 5.41) is 12.6. The molecule has 2 fully saturated rings. The van der Waals surface area contributed by atoms with Crippen molar-refractivity contribution in [2.75, 3.05) is 26.2 Å². The normalized spacial score (nSPS) is 36.1.